The summed E-state index contributed by atoms with van der Waals surface area (Å²) in [4.78, 5) is 16.7. The Bertz CT molecular complexity index is 757. The number of nitrogens with one attached hydrogen (secondary N) is 1. The molecule has 1 aliphatic heterocycles. The fourth-order valence-corrected chi connectivity index (χ4v) is 2.99. The summed E-state index contributed by atoms with van der Waals surface area (Å²) in [5, 5.41) is 10.0. The second-order valence-electron chi connectivity index (χ2n) is 6.03. The molecule has 0 aromatic carbocycles. The lowest BCUT2D eigenvalue weighted by Crippen LogP contribution is -2.37. The van der Waals surface area contributed by atoms with Crippen LogP contribution < -0.4 is 11.4 Å². The molecule has 2 aliphatic rings. The molecule has 0 amide bonds. The van der Waals surface area contributed by atoms with Gasteiger partial charge in [-0.25, -0.2) is 13.6 Å². The number of ether oxygens (including phenoxy) is 1. The van der Waals surface area contributed by atoms with Crippen molar-refractivity contribution in [2.45, 2.75) is 44.0 Å². The number of nitrogen functional groups attached to an aromatic ring is 1. The standard InChI is InChI=1S/C16H18F2N3O3/c1-8-3-2-4-9(5-8)6-11-12(22)16(17,18)13(24-11)10-7-20-15(23)21-14(10)19/h3-5,7,11-13,22H,2,6H2,1H3,(H3,19,20,21,23)/t11-,12-,13-/m1/s1. The molecule has 1 fully saturated rings. The van der Waals surface area contributed by atoms with Crippen molar-refractivity contribution in [2.24, 2.45) is 0 Å². The summed E-state index contributed by atoms with van der Waals surface area (Å²) >= 11 is 0. The smallest absolute Gasteiger partial charge is 0.346 e. The summed E-state index contributed by atoms with van der Waals surface area (Å²) in [7, 11) is 0. The highest BCUT2D eigenvalue weighted by molar-refractivity contribution is 5.40. The van der Waals surface area contributed by atoms with Crippen LogP contribution in [-0.4, -0.2) is 33.2 Å². The zero-order valence-electron chi connectivity index (χ0n) is 13.0. The predicted octanol–water partition coefficient (Wildman–Crippen LogP) is 1.66. The average Bonchev–Trinajstić information content (AvgIpc) is 2.71. The number of nitrogens with two attached hydrogens (primary N) is 1. The molecule has 1 saturated heterocycles. The number of aliphatic hydroxyl groups is 1. The number of aromatic amines is 1. The number of rotatable bonds is 3. The third-order valence-electron chi connectivity index (χ3n) is 4.23. The van der Waals surface area contributed by atoms with E-state index in [0.29, 0.717) is 0 Å². The average molecular weight is 338 g/mol. The minimum Gasteiger partial charge on any atom is -0.384 e. The maximum absolute atomic E-state index is 14.5. The second-order valence-corrected chi connectivity index (χ2v) is 6.03. The summed E-state index contributed by atoms with van der Waals surface area (Å²) in [6, 6.07) is 0. The molecular weight excluding hydrogens is 320 g/mol. The number of aliphatic hydroxyl groups excluding tert-OH is 1. The van der Waals surface area contributed by atoms with Gasteiger partial charge in [0.05, 0.1) is 6.10 Å². The van der Waals surface area contributed by atoms with E-state index in [2.05, 4.69) is 9.97 Å². The van der Waals surface area contributed by atoms with Crippen LogP contribution in [0.25, 0.3) is 0 Å². The molecule has 0 spiro atoms. The van der Waals surface area contributed by atoms with Crippen molar-refractivity contribution >= 4 is 5.82 Å². The number of hydrogen-bond acceptors (Lipinski definition) is 5. The van der Waals surface area contributed by atoms with E-state index in [9.17, 15) is 18.7 Å². The number of H-pyrrole nitrogens is 1. The fraction of sp³-hybridized carbons (Fsp3) is 0.438. The van der Waals surface area contributed by atoms with Gasteiger partial charge in [0.15, 0.2) is 6.10 Å². The highest BCUT2D eigenvalue weighted by atomic mass is 19.3. The van der Waals surface area contributed by atoms with Crippen molar-refractivity contribution in [3.05, 3.63) is 52.0 Å². The SMILES string of the molecule is CC1=CC[CH]C(C[C@H]2O[C@H](c3c[nH]c(=O)nc3N)C(F)(F)[C@@H]2O)=C1. The van der Waals surface area contributed by atoms with Gasteiger partial charge in [0.1, 0.15) is 11.9 Å². The summed E-state index contributed by atoms with van der Waals surface area (Å²) in [6.07, 6.45) is 2.91. The molecule has 0 bridgehead atoms. The Balaban J connectivity index is 1.85. The van der Waals surface area contributed by atoms with Gasteiger partial charge in [-0.2, -0.15) is 4.98 Å². The minimum absolute atomic E-state index is 0.140. The molecule has 24 heavy (non-hydrogen) atoms. The normalized spacial score (nSPS) is 29.2. The van der Waals surface area contributed by atoms with E-state index in [1.165, 1.54) is 0 Å². The van der Waals surface area contributed by atoms with E-state index >= 15 is 0 Å². The van der Waals surface area contributed by atoms with Gasteiger partial charge in [-0.3, -0.25) is 0 Å². The third kappa shape index (κ3) is 2.99. The first kappa shape index (κ1) is 16.8. The van der Waals surface area contributed by atoms with Gasteiger partial charge in [0.25, 0.3) is 0 Å². The van der Waals surface area contributed by atoms with Crippen LogP contribution in [0.15, 0.2) is 34.3 Å². The molecule has 0 saturated carbocycles. The topological polar surface area (TPSA) is 101 Å². The number of anilines is 1. The number of aromatic nitrogens is 2. The lowest BCUT2D eigenvalue weighted by atomic mass is 9.93. The number of nitrogens with zero attached hydrogens (tertiary/aromatic N) is 1. The molecule has 2 heterocycles. The van der Waals surface area contributed by atoms with Crippen LogP contribution in [0, 0.1) is 6.42 Å². The lowest BCUT2D eigenvalue weighted by Gasteiger charge is -2.20. The molecule has 8 heteroatoms. The van der Waals surface area contributed by atoms with Crippen LogP contribution in [0.1, 0.15) is 31.4 Å². The number of halogens is 2. The Labute approximate surface area is 137 Å². The Morgan fingerprint density at radius 3 is 2.96 bits per heavy atom. The van der Waals surface area contributed by atoms with E-state index in [1.54, 1.807) is 0 Å². The lowest BCUT2D eigenvalue weighted by molar-refractivity contribution is -0.113. The molecule has 1 aromatic rings. The molecule has 4 N–H and O–H groups in total. The predicted molar refractivity (Wildman–Crippen MR) is 83.2 cm³/mol. The van der Waals surface area contributed by atoms with E-state index in [0.717, 1.165) is 23.8 Å². The van der Waals surface area contributed by atoms with E-state index < -0.39 is 29.9 Å². The van der Waals surface area contributed by atoms with Crippen molar-refractivity contribution in [1.82, 2.24) is 9.97 Å². The van der Waals surface area contributed by atoms with Crippen molar-refractivity contribution in [2.75, 3.05) is 5.73 Å². The van der Waals surface area contributed by atoms with Crippen LogP contribution in [0.2, 0.25) is 0 Å². The molecule has 129 valence electrons. The zero-order chi connectivity index (χ0) is 17.5. The number of allylic oxidation sites excluding steroid dienone is 3. The Morgan fingerprint density at radius 1 is 1.54 bits per heavy atom. The summed E-state index contributed by atoms with van der Waals surface area (Å²) in [5.41, 5.74) is 6.56. The van der Waals surface area contributed by atoms with Gasteiger partial charge in [0, 0.05) is 11.8 Å². The Kier molecular flexibility index (Phi) is 4.27. The largest absolute Gasteiger partial charge is 0.384 e. The zero-order valence-corrected chi connectivity index (χ0v) is 13.0. The quantitative estimate of drug-likeness (QED) is 0.778. The molecule has 1 radical (unpaired) electrons. The highest BCUT2D eigenvalue weighted by Crippen LogP contribution is 2.48. The van der Waals surface area contributed by atoms with Gasteiger partial charge >= 0.3 is 11.6 Å². The van der Waals surface area contributed by atoms with Gasteiger partial charge in [0.2, 0.25) is 0 Å². The van der Waals surface area contributed by atoms with Gasteiger partial charge in [-0.05, 0) is 26.2 Å². The van der Waals surface area contributed by atoms with E-state index in [1.807, 2.05) is 25.5 Å². The maximum atomic E-state index is 14.5. The van der Waals surface area contributed by atoms with E-state index in [-0.39, 0.29) is 17.8 Å². The van der Waals surface area contributed by atoms with Crippen LogP contribution in [0.4, 0.5) is 14.6 Å². The second kappa shape index (κ2) is 6.10. The van der Waals surface area contributed by atoms with Gasteiger partial charge < -0.3 is 20.6 Å². The number of hydrogen-bond donors (Lipinski definition) is 3. The van der Waals surface area contributed by atoms with Crippen molar-refractivity contribution in [3.8, 4) is 0 Å². The first-order chi connectivity index (χ1) is 11.3. The first-order valence-corrected chi connectivity index (χ1v) is 7.56. The molecule has 3 atom stereocenters. The molecule has 0 unspecified atom stereocenters. The van der Waals surface area contributed by atoms with Crippen LogP contribution in [0.5, 0.6) is 0 Å². The van der Waals surface area contributed by atoms with Crippen LogP contribution >= 0.6 is 0 Å². The fourth-order valence-electron chi connectivity index (χ4n) is 2.99. The Hall–Kier alpha value is -2.06. The van der Waals surface area contributed by atoms with E-state index in [4.69, 9.17) is 10.5 Å². The van der Waals surface area contributed by atoms with Gasteiger partial charge in [-0.15, -0.1) is 0 Å². The monoisotopic (exact) mass is 338 g/mol. The van der Waals surface area contributed by atoms with Crippen LogP contribution in [0.3, 0.4) is 0 Å². The Morgan fingerprint density at radius 2 is 2.29 bits per heavy atom. The molecule has 1 aliphatic carbocycles. The third-order valence-corrected chi connectivity index (χ3v) is 4.23. The highest BCUT2D eigenvalue weighted by Gasteiger charge is 2.59. The van der Waals surface area contributed by atoms with Crippen LogP contribution in [-0.2, 0) is 4.74 Å². The van der Waals surface area contributed by atoms with Crippen molar-refractivity contribution in [3.63, 3.8) is 0 Å². The molecule has 3 rings (SSSR count). The minimum atomic E-state index is -3.54. The first-order valence-electron chi connectivity index (χ1n) is 7.56. The van der Waals surface area contributed by atoms with Crippen molar-refractivity contribution in [1.29, 1.82) is 0 Å². The molecule has 1 aromatic heterocycles. The van der Waals surface area contributed by atoms with Gasteiger partial charge in [-0.1, -0.05) is 23.3 Å². The summed E-state index contributed by atoms with van der Waals surface area (Å²) in [6.45, 7) is 1.92. The maximum Gasteiger partial charge on any atom is 0.346 e. The number of alkyl halides is 2. The van der Waals surface area contributed by atoms with Crippen molar-refractivity contribution < 1.29 is 18.6 Å². The molecule has 6 nitrogen and oxygen atoms in total. The summed E-state index contributed by atoms with van der Waals surface area (Å²) in [5.74, 6) is -3.88. The summed E-state index contributed by atoms with van der Waals surface area (Å²) < 4.78 is 34.3. The molecular formula is C16H18F2N3O3.